The van der Waals surface area contributed by atoms with Gasteiger partial charge in [0.2, 0.25) is 5.91 Å². The van der Waals surface area contributed by atoms with E-state index in [2.05, 4.69) is 11.9 Å². The fourth-order valence-electron chi connectivity index (χ4n) is 1.27. The normalized spacial score (nSPS) is 9.67. The Labute approximate surface area is 108 Å². The molecule has 0 aromatic heterocycles. The van der Waals surface area contributed by atoms with E-state index in [1.807, 2.05) is 31.2 Å². The number of rotatable bonds is 7. The van der Waals surface area contributed by atoms with Gasteiger partial charge < -0.3 is 14.8 Å². The smallest absolute Gasteiger partial charge is 0.223 e. The Balaban J connectivity index is 2.24. The number of hydrogen-bond acceptors (Lipinski definition) is 3. The van der Waals surface area contributed by atoms with Crippen LogP contribution in [0, 0.1) is 0 Å². The summed E-state index contributed by atoms with van der Waals surface area (Å²) in [6.45, 7) is 6.45. The summed E-state index contributed by atoms with van der Waals surface area (Å²) in [5.41, 5.74) is 0.930. The van der Waals surface area contributed by atoms with Gasteiger partial charge in [-0.1, -0.05) is 12.2 Å². The number of carbonyl (C=O) groups is 1. The molecule has 0 spiro atoms. The minimum absolute atomic E-state index is 0.0356. The van der Waals surface area contributed by atoms with E-state index in [0.717, 1.165) is 17.1 Å². The zero-order chi connectivity index (χ0) is 13.4. The Bertz CT molecular complexity index is 398. The quantitative estimate of drug-likeness (QED) is 0.753. The van der Waals surface area contributed by atoms with Crippen LogP contribution in [0.15, 0.2) is 36.4 Å². The van der Waals surface area contributed by atoms with E-state index in [0.29, 0.717) is 19.6 Å². The van der Waals surface area contributed by atoms with Crippen LogP contribution in [0.2, 0.25) is 0 Å². The lowest BCUT2D eigenvalue weighted by molar-refractivity contribution is -0.121. The highest BCUT2D eigenvalue weighted by Gasteiger charge is 2.01. The van der Waals surface area contributed by atoms with E-state index in [9.17, 15) is 4.79 Å². The molecule has 0 aliphatic heterocycles. The molecule has 0 heterocycles. The van der Waals surface area contributed by atoms with Gasteiger partial charge in [0.05, 0.1) is 20.1 Å². The topological polar surface area (TPSA) is 47.6 Å². The lowest BCUT2D eigenvalue weighted by atomic mass is 10.3. The number of amides is 1. The van der Waals surface area contributed by atoms with Gasteiger partial charge in [-0.3, -0.25) is 4.79 Å². The Morgan fingerprint density at radius 3 is 2.44 bits per heavy atom. The maximum absolute atomic E-state index is 11.4. The lowest BCUT2D eigenvalue weighted by Crippen LogP contribution is -2.26. The summed E-state index contributed by atoms with van der Waals surface area (Å²) in [6, 6.07) is 7.25. The summed E-state index contributed by atoms with van der Waals surface area (Å²) in [6.07, 6.45) is 0.333. The molecule has 0 aliphatic rings. The molecule has 1 aromatic carbocycles. The number of nitrogens with one attached hydrogen (secondary N) is 1. The molecule has 0 aliphatic carbocycles. The van der Waals surface area contributed by atoms with Crippen molar-refractivity contribution in [1.82, 2.24) is 5.32 Å². The van der Waals surface area contributed by atoms with Crippen LogP contribution < -0.4 is 14.8 Å². The third-order valence-corrected chi connectivity index (χ3v) is 2.24. The van der Waals surface area contributed by atoms with Gasteiger partial charge in [-0.05, 0) is 31.2 Å². The van der Waals surface area contributed by atoms with E-state index in [1.54, 1.807) is 7.11 Å². The summed E-state index contributed by atoms with van der Waals surface area (Å²) in [5.74, 6) is 1.47. The summed E-state index contributed by atoms with van der Waals surface area (Å²) in [4.78, 5) is 11.4. The number of methoxy groups -OCH3 is 1. The van der Waals surface area contributed by atoms with Gasteiger partial charge in [-0.2, -0.15) is 0 Å². The highest BCUT2D eigenvalue weighted by Crippen LogP contribution is 2.16. The zero-order valence-corrected chi connectivity index (χ0v) is 10.9. The first-order chi connectivity index (χ1) is 8.61. The third kappa shape index (κ3) is 5.39. The molecule has 98 valence electrons. The van der Waals surface area contributed by atoms with Crippen molar-refractivity contribution >= 4 is 5.91 Å². The summed E-state index contributed by atoms with van der Waals surface area (Å²) in [7, 11) is 1.61. The van der Waals surface area contributed by atoms with Crippen molar-refractivity contribution in [2.45, 2.75) is 13.3 Å². The van der Waals surface area contributed by atoms with Gasteiger partial charge in [-0.25, -0.2) is 0 Å². The molecule has 1 amide bonds. The second-order valence-corrected chi connectivity index (χ2v) is 4.01. The second kappa shape index (κ2) is 7.37. The first-order valence-corrected chi connectivity index (χ1v) is 5.79. The molecule has 0 radical (unpaired) electrons. The molecular weight excluding hydrogens is 230 g/mol. The molecule has 0 saturated heterocycles. The zero-order valence-electron chi connectivity index (χ0n) is 10.9. The van der Waals surface area contributed by atoms with Crippen LogP contribution in [0.5, 0.6) is 11.5 Å². The van der Waals surface area contributed by atoms with Gasteiger partial charge in [0.15, 0.2) is 0 Å². The number of hydrogen-bond donors (Lipinski definition) is 1. The number of benzene rings is 1. The molecule has 0 saturated carbocycles. The monoisotopic (exact) mass is 249 g/mol. The molecule has 0 fully saturated rings. The minimum atomic E-state index is -0.0356. The molecule has 18 heavy (non-hydrogen) atoms. The molecule has 1 rings (SSSR count). The van der Waals surface area contributed by atoms with Crippen LogP contribution in [0.1, 0.15) is 13.3 Å². The Morgan fingerprint density at radius 1 is 1.28 bits per heavy atom. The fraction of sp³-hybridized carbons (Fsp3) is 0.357. The number of ether oxygens (including phenoxy) is 2. The van der Waals surface area contributed by atoms with Crippen LogP contribution in [-0.4, -0.2) is 26.2 Å². The predicted molar refractivity (Wildman–Crippen MR) is 70.9 cm³/mol. The van der Waals surface area contributed by atoms with Crippen LogP contribution in [0.25, 0.3) is 0 Å². The molecule has 0 unspecified atom stereocenters. The summed E-state index contributed by atoms with van der Waals surface area (Å²) < 4.78 is 10.5. The van der Waals surface area contributed by atoms with Gasteiger partial charge in [0.1, 0.15) is 11.5 Å². The van der Waals surface area contributed by atoms with Crippen LogP contribution in [0.4, 0.5) is 0 Å². The van der Waals surface area contributed by atoms with Crippen LogP contribution in [0.3, 0.4) is 0 Å². The van der Waals surface area contributed by atoms with Crippen LogP contribution in [-0.2, 0) is 4.79 Å². The van der Waals surface area contributed by atoms with E-state index < -0.39 is 0 Å². The first-order valence-electron chi connectivity index (χ1n) is 5.79. The third-order valence-electron chi connectivity index (χ3n) is 2.24. The highest BCUT2D eigenvalue weighted by atomic mass is 16.5. The Kier molecular flexibility index (Phi) is 5.77. The minimum Gasteiger partial charge on any atom is -0.497 e. The molecule has 0 atom stereocenters. The van der Waals surface area contributed by atoms with Crippen LogP contribution >= 0.6 is 0 Å². The number of carbonyl (C=O) groups excluding carboxylic acids is 1. The second-order valence-electron chi connectivity index (χ2n) is 4.01. The van der Waals surface area contributed by atoms with Gasteiger partial charge in [0, 0.05) is 6.54 Å². The fourth-order valence-corrected chi connectivity index (χ4v) is 1.27. The van der Waals surface area contributed by atoms with Gasteiger partial charge >= 0.3 is 0 Å². The van der Waals surface area contributed by atoms with E-state index in [-0.39, 0.29) is 5.91 Å². The maximum atomic E-state index is 11.4. The average Bonchev–Trinajstić information content (AvgIpc) is 2.37. The summed E-state index contributed by atoms with van der Waals surface area (Å²) >= 11 is 0. The molecule has 4 nitrogen and oxygen atoms in total. The van der Waals surface area contributed by atoms with E-state index >= 15 is 0 Å². The first kappa shape index (κ1) is 14.1. The van der Waals surface area contributed by atoms with Crippen molar-refractivity contribution in [2.24, 2.45) is 0 Å². The van der Waals surface area contributed by atoms with Crippen molar-refractivity contribution in [3.8, 4) is 11.5 Å². The SMILES string of the molecule is C=C(C)CNC(=O)CCOc1ccc(OC)cc1. The van der Waals surface area contributed by atoms with Crippen molar-refractivity contribution in [3.63, 3.8) is 0 Å². The average molecular weight is 249 g/mol. The largest absolute Gasteiger partial charge is 0.497 e. The van der Waals surface area contributed by atoms with Crippen molar-refractivity contribution < 1.29 is 14.3 Å². The lowest BCUT2D eigenvalue weighted by Gasteiger charge is -2.07. The van der Waals surface area contributed by atoms with Gasteiger partial charge in [0.25, 0.3) is 0 Å². The van der Waals surface area contributed by atoms with E-state index in [1.165, 1.54) is 0 Å². The maximum Gasteiger partial charge on any atom is 0.223 e. The Hall–Kier alpha value is -1.97. The standard InChI is InChI=1S/C14H19NO3/c1-11(2)10-15-14(16)8-9-18-13-6-4-12(17-3)5-7-13/h4-7H,1,8-10H2,2-3H3,(H,15,16). The van der Waals surface area contributed by atoms with E-state index in [4.69, 9.17) is 9.47 Å². The van der Waals surface area contributed by atoms with Crippen molar-refractivity contribution in [1.29, 1.82) is 0 Å². The molecule has 0 bridgehead atoms. The highest BCUT2D eigenvalue weighted by molar-refractivity contribution is 5.76. The summed E-state index contributed by atoms with van der Waals surface area (Å²) in [5, 5.41) is 2.75. The van der Waals surface area contributed by atoms with Crippen molar-refractivity contribution in [3.05, 3.63) is 36.4 Å². The Morgan fingerprint density at radius 2 is 1.89 bits per heavy atom. The van der Waals surface area contributed by atoms with Crippen molar-refractivity contribution in [2.75, 3.05) is 20.3 Å². The molecule has 4 heteroatoms. The molecule has 1 N–H and O–H groups in total. The molecular formula is C14H19NO3. The molecule has 1 aromatic rings. The predicted octanol–water partition coefficient (Wildman–Crippen LogP) is 2.16. The van der Waals surface area contributed by atoms with Gasteiger partial charge in [-0.15, -0.1) is 0 Å².